The van der Waals surface area contributed by atoms with Gasteiger partial charge in [0.15, 0.2) is 6.54 Å². The Balaban J connectivity index is 2.51. The molecule has 0 bridgehead atoms. The van der Waals surface area contributed by atoms with Gasteiger partial charge in [0.25, 0.3) is 5.91 Å². The lowest BCUT2D eigenvalue weighted by molar-refractivity contribution is -0.885. The predicted molar refractivity (Wildman–Crippen MR) is 94.6 cm³/mol. The molecule has 0 aliphatic rings. The lowest BCUT2D eigenvalue weighted by Gasteiger charge is -2.22. The van der Waals surface area contributed by atoms with E-state index >= 15 is 0 Å². The molecule has 0 spiro atoms. The zero-order chi connectivity index (χ0) is 17.2. The van der Waals surface area contributed by atoms with Crippen molar-refractivity contribution in [3.8, 4) is 0 Å². The number of carbonyl (C=O) groups is 2. The molecule has 0 aliphatic heterocycles. The zero-order valence-electron chi connectivity index (χ0n) is 14.5. The molecule has 1 atom stereocenters. The number of carbonyl (C=O) groups excluding carboxylic acids is 2. The number of rotatable bonds is 9. The summed E-state index contributed by atoms with van der Waals surface area (Å²) in [6.07, 6.45) is 2.05. The van der Waals surface area contributed by atoms with Gasteiger partial charge in [-0.2, -0.15) is 0 Å². The summed E-state index contributed by atoms with van der Waals surface area (Å²) in [6.45, 7) is 6.22. The van der Waals surface area contributed by atoms with Gasteiger partial charge < -0.3 is 15.1 Å². The van der Waals surface area contributed by atoms with Gasteiger partial charge in [0.05, 0.1) is 13.6 Å². The second-order valence-electron chi connectivity index (χ2n) is 5.52. The molecule has 1 aromatic carbocycles. The molecule has 1 unspecified atom stereocenters. The summed E-state index contributed by atoms with van der Waals surface area (Å²) in [7, 11) is 2.00. The van der Waals surface area contributed by atoms with Crippen molar-refractivity contribution in [3.05, 3.63) is 29.8 Å². The Kier molecular flexibility index (Phi) is 8.73. The molecule has 5 nitrogen and oxygen atoms in total. The molecular formula is C17H28N3O2S+. The summed E-state index contributed by atoms with van der Waals surface area (Å²) in [5, 5.41) is 2.73. The molecule has 0 aromatic heterocycles. The van der Waals surface area contributed by atoms with E-state index in [1.807, 2.05) is 20.9 Å². The molecule has 0 radical (unpaired) electrons. The molecule has 0 saturated carbocycles. The Labute approximate surface area is 143 Å². The van der Waals surface area contributed by atoms with Crippen LogP contribution in [0.5, 0.6) is 0 Å². The number of nitrogens with one attached hydrogen (secondary N) is 2. The first-order valence-electron chi connectivity index (χ1n) is 7.98. The van der Waals surface area contributed by atoms with Gasteiger partial charge >= 0.3 is 0 Å². The topological polar surface area (TPSA) is 53.9 Å². The Bertz CT molecular complexity index is 505. The first kappa shape index (κ1) is 19.5. The Morgan fingerprint density at radius 2 is 1.87 bits per heavy atom. The van der Waals surface area contributed by atoms with E-state index in [1.165, 1.54) is 10.5 Å². The third-order valence-electron chi connectivity index (χ3n) is 3.56. The third kappa shape index (κ3) is 7.05. The maximum Gasteiger partial charge on any atom is 0.278 e. The highest BCUT2D eigenvalue weighted by Crippen LogP contribution is 2.14. The van der Waals surface area contributed by atoms with Crippen LogP contribution in [0.25, 0.3) is 0 Å². The van der Waals surface area contributed by atoms with E-state index in [9.17, 15) is 9.59 Å². The predicted octanol–water partition coefficient (Wildman–Crippen LogP) is 0.408. The fraction of sp³-hybridized carbons (Fsp3) is 0.529. The summed E-state index contributed by atoms with van der Waals surface area (Å²) in [5.74, 6) is -0.0926. The van der Waals surface area contributed by atoms with Crippen molar-refractivity contribution >= 4 is 23.6 Å². The van der Waals surface area contributed by atoms with Gasteiger partial charge in [-0.25, -0.2) is 0 Å². The normalized spacial score (nSPS) is 11.8. The van der Waals surface area contributed by atoms with E-state index in [2.05, 4.69) is 35.8 Å². The van der Waals surface area contributed by atoms with Gasteiger partial charge in [0.2, 0.25) is 5.91 Å². The summed E-state index contributed by atoms with van der Waals surface area (Å²) >= 11 is 1.72. The summed E-state index contributed by atoms with van der Waals surface area (Å²) < 4.78 is 0. The molecule has 1 rings (SSSR count). The van der Waals surface area contributed by atoms with Crippen molar-refractivity contribution in [2.45, 2.75) is 25.3 Å². The molecule has 0 aliphatic carbocycles. The monoisotopic (exact) mass is 338 g/mol. The van der Waals surface area contributed by atoms with Crippen LogP contribution in [-0.4, -0.2) is 56.2 Å². The van der Waals surface area contributed by atoms with Gasteiger partial charge in [0, 0.05) is 23.5 Å². The number of quaternary nitrogens is 1. The van der Waals surface area contributed by atoms with Crippen LogP contribution in [-0.2, 0) is 16.1 Å². The molecule has 0 heterocycles. The first-order valence-corrected chi connectivity index (χ1v) is 9.21. The van der Waals surface area contributed by atoms with E-state index in [0.717, 1.165) is 11.4 Å². The number of likely N-dealkylation sites (N-methyl/N-ethyl adjacent to an activating group) is 3. The highest BCUT2D eigenvalue weighted by atomic mass is 32.2. The quantitative estimate of drug-likeness (QED) is 0.641. The van der Waals surface area contributed by atoms with E-state index < -0.39 is 0 Å². The maximum atomic E-state index is 12.3. The molecule has 2 amide bonds. The zero-order valence-corrected chi connectivity index (χ0v) is 15.3. The first-order chi connectivity index (χ1) is 11.0. The minimum absolute atomic E-state index is 0.0111. The molecule has 0 fully saturated rings. The highest BCUT2D eigenvalue weighted by molar-refractivity contribution is 7.98. The highest BCUT2D eigenvalue weighted by Gasteiger charge is 2.19. The lowest BCUT2D eigenvalue weighted by Crippen LogP contribution is -3.08. The van der Waals surface area contributed by atoms with Crippen molar-refractivity contribution < 1.29 is 14.5 Å². The van der Waals surface area contributed by atoms with Crippen molar-refractivity contribution in [1.82, 2.24) is 10.2 Å². The number of benzene rings is 1. The largest absolute Gasteiger partial charge is 0.355 e. The molecule has 6 heteroatoms. The smallest absolute Gasteiger partial charge is 0.278 e. The van der Waals surface area contributed by atoms with E-state index in [-0.39, 0.29) is 18.4 Å². The molecule has 2 N–H and O–H groups in total. The number of hydrogen-bond acceptors (Lipinski definition) is 3. The second-order valence-corrected chi connectivity index (χ2v) is 6.40. The van der Waals surface area contributed by atoms with Crippen molar-refractivity contribution in [3.63, 3.8) is 0 Å². The average molecular weight is 338 g/mol. The maximum absolute atomic E-state index is 12.3. The average Bonchev–Trinajstić information content (AvgIpc) is 2.53. The Morgan fingerprint density at radius 1 is 1.22 bits per heavy atom. The van der Waals surface area contributed by atoms with Crippen molar-refractivity contribution in [2.75, 3.05) is 39.5 Å². The lowest BCUT2D eigenvalue weighted by atomic mass is 10.2. The fourth-order valence-corrected chi connectivity index (χ4v) is 2.74. The van der Waals surface area contributed by atoms with Crippen LogP contribution in [0.4, 0.5) is 0 Å². The molecule has 128 valence electrons. The SMILES string of the molecule is CCNC(=O)CN(CC)C(=O)C[NH+](C)Cc1ccc(SC)cc1. The standard InChI is InChI=1S/C17H27N3O2S/c1-5-18-16(21)12-20(6-2)17(22)13-19(3)11-14-7-9-15(23-4)10-8-14/h7-10H,5-6,11-13H2,1-4H3,(H,18,21)/p+1. The minimum Gasteiger partial charge on any atom is -0.355 e. The van der Waals surface area contributed by atoms with Crippen LogP contribution in [0, 0.1) is 0 Å². The summed E-state index contributed by atoms with van der Waals surface area (Å²) in [4.78, 5) is 27.9. The summed E-state index contributed by atoms with van der Waals surface area (Å²) in [5.41, 5.74) is 1.21. The fourth-order valence-electron chi connectivity index (χ4n) is 2.33. The van der Waals surface area contributed by atoms with Gasteiger partial charge in [0.1, 0.15) is 6.54 Å². The van der Waals surface area contributed by atoms with E-state index in [0.29, 0.717) is 19.6 Å². The summed E-state index contributed by atoms with van der Waals surface area (Å²) in [6, 6.07) is 8.41. The number of hydrogen-bond donors (Lipinski definition) is 2. The Hall–Kier alpha value is -1.53. The molecule has 23 heavy (non-hydrogen) atoms. The van der Waals surface area contributed by atoms with Crippen LogP contribution in [0.15, 0.2) is 29.2 Å². The van der Waals surface area contributed by atoms with Crippen LogP contribution >= 0.6 is 11.8 Å². The van der Waals surface area contributed by atoms with E-state index in [1.54, 1.807) is 16.7 Å². The number of thioether (sulfide) groups is 1. The van der Waals surface area contributed by atoms with Gasteiger partial charge in [-0.05, 0) is 32.2 Å². The third-order valence-corrected chi connectivity index (χ3v) is 4.30. The second kappa shape index (κ2) is 10.3. The van der Waals surface area contributed by atoms with Crippen LogP contribution in [0.2, 0.25) is 0 Å². The molecule has 1 aromatic rings. The molecular weight excluding hydrogens is 310 g/mol. The van der Waals surface area contributed by atoms with Gasteiger partial charge in [-0.1, -0.05) is 12.1 Å². The van der Waals surface area contributed by atoms with Crippen molar-refractivity contribution in [1.29, 1.82) is 0 Å². The van der Waals surface area contributed by atoms with Crippen LogP contribution in [0.3, 0.4) is 0 Å². The van der Waals surface area contributed by atoms with E-state index in [4.69, 9.17) is 0 Å². The molecule has 0 saturated heterocycles. The van der Waals surface area contributed by atoms with Crippen LogP contribution < -0.4 is 10.2 Å². The van der Waals surface area contributed by atoms with Crippen LogP contribution in [0.1, 0.15) is 19.4 Å². The van der Waals surface area contributed by atoms with Gasteiger partial charge in [-0.3, -0.25) is 9.59 Å². The van der Waals surface area contributed by atoms with Gasteiger partial charge in [-0.15, -0.1) is 11.8 Å². The Morgan fingerprint density at radius 3 is 2.39 bits per heavy atom. The minimum atomic E-state index is -0.104. The number of nitrogens with zero attached hydrogens (tertiary/aromatic N) is 1. The van der Waals surface area contributed by atoms with Crippen molar-refractivity contribution in [2.24, 2.45) is 0 Å². The number of amides is 2.